The summed E-state index contributed by atoms with van der Waals surface area (Å²) in [5, 5.41) is 23.1. The van der Waals surface area contributed by atoms with Crippen LogP contribution in [0.4, 0.5) is 5.69 Å². The van der Waals surface area contributed by atoms with Gasteiger partial charge < -0.3 is 30.1 Å². The molecule has 0 fully saturated rings. The summed E-state index contributed by atoms with van der Waals surface area (Å²) >= 11 is 0. The molecule has 2 aliphatic rings. The zero-order chi connectivity index (χ0) is 28.6. The summed E-state index contributed by atoms with van der Waals surface area (Å²) < 4.78 is 11.5. The monoisotopic (exact) mass is 616 g/mol. The Bertz CT molecular complexity index is 1400. The topological polar surface area (TPSA) is 158 Å². The second-order valence-electron chi connectivity index (χ2n) is 10.5. The number of carboxylic acid groups (broad SMARTS) is 1. The van der Waals surface area contributed by atoms with Crippen molar-refractivity contribution in [1.82, 2.24) is 10.2 Å². The smallest absolute Gasteiger partial charge is 0.307 e. The number of halogens is 1. The molecule has 2 amide bonds. The second kappa shape index (κ2) is 11.7. The molecule has 1 unspecified atom stereocenters. The van der Waals surface area contributed by atoms with E-state index in [2.05, 4.69) is 10.6 Å². The van der Waals surface area contributed by atoms with Crippen LogP contribution in [-0.2, 0) is 21.5 Å². The standard InChI is InChI=1S/C28H32N4O7.BrH/c1-6-38-21-9-15-12-32(25(29)16(15)10-17(21)26(36)30-5)13-20(33)14-7-18(28(2,3)4)24-19(8-14)31-27(37)22(39-24)11-23(34)35;/h7-10,22,29H,6,11-13H2,1-5H3,(H,30,36)(H,31,37)(H,34,35);1H. The van der Waals surface area contributed by atoms with Gasteiger partial charge in [-0.15, -0.1) is 17.0 Å². The van der Waals surface area contributed by atoms with E-state index in [1.165, 1.54) is 13.1 Å². The SMILES string of the molecule is Br.CCOc1cc2c(cc1C(=O)NC)C(=N)N(CC(=O)c1cc3c(c(C(C)(C)C)c1)OC(CC(=O)O)C(=O)N3)C2. The lowest BCUT2D eigenvalue weighted by atomic mass is 9.84. The van der Waals surface area contributed by atoms with Gasteiger partial charge in [0, 0.05) is 30.3 Å². The number of ketones is 1. The number of carbonyl (C=O) groups is 4. The highest BCUT2D eigenvalue weighted by atomic mass is 79.9. The van der Waals surface area contributed by atoms with Gasteiger partial charge in [-0.2, -0.15) is 0 Å². The molecule has 0 saturated heterocycles. The molecule has 4 rings (SSSR count). The van der Waals surface area contributed by atoms with Crippen LogP contribution >= 0.6 is 17.0 Å². The van der Waals surface area contributed by atoms with Gasteiger partial charge in [0.05, 0.1) is 30.8 Å². The van der Waals surface area contributed by atoms with Crippen molar-refractivity contribution in [3.05, 3.63) is 52.1 Å². The Morgan fingerprint density at radius 2 is 1.93 bits per heavy atom. The predicted octanol–water partition coefficient (Wildman–Crippen LogP) is 3.52. The average molecular weight is 617 g/mol. The molecule has 2 aromatic rings. The van der Waals surface area contributed by atoms with Gasteiger partial charge in [0.15, 0.2) is 11.9 Å². The van der Waals surface area contributed by atoms with Gasteiger partial charge >= 0.3 is 5.97 Å². The highest BCUT2D eigenvalue weighted by molar-refractivity contribution is 8.93. The van der Waals surface area contributed by atoms with E-state index in [0.29, 0.717) is 52.6 Å². The van der Waals surface area contributed by atoms with Crippen LogP contribution in [0.2, 0.25) is 0 Å². The van der Waals surface area contributed by atoms with Crippen LogP contribution in [0.3, 0.4) is 0 Å². The molecule has 2 aliphatic heterocycles. The Morgan fingerprint density at radius 1 is 1.23 bits per heavy atom. The molecule has 0 aliphatic carbocycles. The second-order valence-corrected chi connectivity index (χ2v) is 10.5. The van der Waals surface area contributed by atoms with E-state index in [1.54, 1.807) is 23.1 Å². The van der Waals surface area contributed by atoms with Crippen molar-refractivity contribution in [1.29, 1.82) is 5.41 Å². The number of ether oxygens (including phenoxy) is 2. The number of amides is 2. The van der Waals surface area contributed by atoms with Crippen molar-refractivity contribution in [2.45, 2.75) is 52.2 Å². The lowest BCUT2D eigenvalue weighted by molar-refractivity contribution is -0.142. The first kappa shape index (κ1) is 30.6. The van der Waals surface area contributed by atoms with Crippen molar-refractivity contribution in [2.24, 2.45) is 0 Å². The zero-order valence-corrected chi connectivity index (χ0v) is 24.7. The van der Waals surface area contributed by atoms with E-state index in [9.17, 15) is 19.2 Å². The average Bonchev–Trinajstić information content (AvgIpc) is 3.16. The van der Waals surface area contributed by atoms with Crippen molar-refractivity contribution in [2.75, 3.05) is 25.5 Å². The van der Waals surface area contributed by atoms with Gasteiger partial charge in [0.25, 0.3) is 11.8 Å². The molecule has 2 heterocycles. The largest absolute Gasteiger partial charge is 0.493 e. The van der Waals surface area contributed by atoms with Gasteiger partial charge in [0.1, 0.15) is 17.3 Å². The molecule has 0 aromatic heterocycles. The Labute approximate surface area is 242 Å². The Kier molecular flexibility index (Phi) is 8.93. The number of benzene rings is 2. The van der Waals surface area contributed by atoms with Gasteiger partial charge in [-0.1, -0.05) is 20.8 Å². The number of anilines is 1. The molecule has 12 heteroatoms. The van der Waals surface area contributed by atoms with Crippen LogP contribution in [0.1, 0.15) is 71.5 Å². The minimum atomic E-state index is -1.18. The van der Waals surface area contributed by atoms with Crippen LogP contribution in [0.25, 0.3) is 0 Å². The summed E-state index contributed by atoms with van der Waals surface area (Å²) in [7, 11) is 1.52. The van der Waals surface area contributed by atoms with Crippen molar-refractivity contribution in [3.63, 3.8) is 0 Å². The number of nitrogens with zero attached hydrogens (tertiary/aromatic N) is 1. The van der Waals surface area contributed by atoms with Crippen LogP contribution in [0.15, 0.2) is 24.3 Å². The molecule has 40 heavy (non-hydrogen) atoms. The molecule has 0 radical (unpaired) electrons. The number of Topliss-reactive ketones (excluding diaryl/α,β-unsaturated/α-hetero) is 1. The van der Waals surface area contributed by atoms with Gasteiger partial charge in [-0.3, -0.25) is 24.6 Å². The fraction of sp³-hybridized carbons (Fsp3) is 0.393. The van der Waals surface area contributed by atoms with E-state index in [4.69, 9.17) is 20.0 Å². The zero-order valence-electron chi connectivity index (χ0n) is 23.0. The van der Waals surface area contributed by atoms with E-state index in [-0.39, 0.29) is 41.1 Å². The number of amidine groups is 1. The van der Waals surface area contributed by atoms with Gasteiger partial charge in [-0.25, -0.2) is 0 Å². The molecule has 0 spiro atoms. The summed E-state index contributed by atoms with van der Waals surface area (Å²) in [4.78, 5) is 51.2. The highest BCUT2D eigenvalue weighted by Gasteiger charge is 2.35. The third-order valence-electron chi connectivity index (χ3n) is 6.63. The lowest BCUT2D eigenvalue weighted by Gasteiger charge is -2.31. The maximum atomic E-state index is 13.5. The molecule has 0 bridgehead atoms. The highest BCUT2D eigenvalue weighted by Crippen LogP contribution is 2.41. The van der Waals surface area contributed by atoms with Crippen LogP contribution in [-0.4, -0.2) is 65.7 Å². The number of hydrogen-bond acceptors (Lipinski definition) is 7. The minimum Gasteiger partial charge on any atom is -0.493 e. The molecule has 1 atom stereocenters. The lowest BCUT2D eigenvalue weighted by Crippen LogP contribution is -2.39. The summed E-state index contributed by atoms with van der Waals surface area (Å²) in [6.45, 7) is 8.15. The number of fused-ring (bicyclic) bond motifs is 2. The fourth-order valence-corrected chi connectivity index (χ4v) is 4.68. The van der Waals surface area contributed by atoms with E-state index >= 15 is 0 Å². The van der Waals surface area contributed by atoms with Crippen molar-refractivity contribution in [3.8, 4) is 11.5 Å². The van der Waals surface area contributed by atoms with Gasteiger partial charge in [0.2, 0.25) is 0 Å². The Morgan fingerprint density at radius 3 is 2.52 bits per heavy atom. The van der Waals surface area contributed by atoms with Crippen molar-refractivity contribution < 1.29 is 33.8 Å². The molecule has 0 saturated carbocycles. The predicted molar refractivity (Wildman–Crippen MR) is 153 cm³/mol. The molecular formula is C28H33BrN4O7. The molecule has 214 valence electrons. The fourth-order valence-electron chi connectivity index (χ4n) is 4.68. The van der Waals surface area contributed by atoms with E-state index in [0.717, 1.165) is 5.56 Å². The molecular weight excluding hydrogens is 584 g/mol. The Hall–Kier alpha value is -3.93. The molecule has 2 aromatic carbocycles. The van der Waals surface area contributed by atoms with E-state index < -0.39 is 29.8 Å². The van der Waals surface area contributed by atoms with E-state index in [1.807, 2.05) is 27.7 Å². The number of nitrogens with one attached hydrogen (secondary N) is 3. The van der Waals surface area contributed by atoms with Crippen LogP contribution in [0.5, 0.6) is 11.5 Å². The third kappa shape index (κ3) is 5.96. The quantitative estimate of drug-likeness (QED) is 0.328. The van der Waals surface area contributed by atoms with Crippen LogP contribution in [0, 0.1) is 5.41 Å². The first-order valence-electron chi connectivity index (χ1n) is 12.6. The normalized spacial score (nSPS) is 15.7. The first-order valence-corrected chi connectivity index (χ1v) is 12.6. The third-order valence-corrected chi connectivity index (χ3v) is 6.63. The van der Waals surface area contributed by atoms with Gasteiger partial charge in [-0.05, 0) is 42.2 Å². The summed E-state index contributed by atoms with van der Waals surface area (Å²) in [5.41, 5.74) is 2.43. The number of carbonyl (C=O) groups excluding carboxylic acids is 3. The summed E-state index contributed by atoms with van der Waals surface area (Å²) in [6, 6.07) is 6.56. The summed E-state index contributed by atoms with van der Waals surface area (Å²) in [6.07, 6.45) is -1.66. The number of hydrogen-bond donors (Lipinski definition) is 4. The maximum Gasteiger partial charge on any atom is 0.307 e. The summed E-state index contributed by atoms with van der Waals surface area (Å²) in [5.74, 6) is -1.49. The van der Waals surface area contributed by atoms with Crippen LogP contribution < -0.4 is 20.1 Å². The first-order chi connectivity index (χ1) is 18.3. The number of carboxylic acids is 1. The maximum absolute atomic E-state index is 13.5. The minimum absolute atomic E-state index is 0. The number of aliphatic carboxylic acids is 1. The number of rotatable bonds is 8. The molecule has 11 nitrogen and oxygen atoms in total. The Balaban J connectivity index is 0.00000441. The van der Waals surface area contributed by atoms with Crippen molar-refractivity contribution >= 4 is 52.1 Å². The molecule has 4 N–H and O–H groups in total.